The van der Waals surface area contributed by atoms with Gasteiger partial charge >= 0.3 is 0 Å². The van der Waals surface area contributed by atoms with E-state index in [1.807, 2.05) is 45.4 Å². The maximum absolute atomic E-state index is 9.44. The second kappa shape index (κ2) is 42.9. The molecule has 0 aromatic rings. The molecule has 0 aromatic carbocycles. The molecule has 0 unspecified atom stereocenters. The number of carbonyl (C=O) groups is 1. The van der Waals surface area contributed by atoms with Gasteiger partial charge in [0.05, 0.1) is 0 Å². The molecule has 0 aromatic heterocycles. The Morgan fingerprint density at radius 3 is 1.35 bits per heavy atom. The first-order chi connectivity index (χ1) is 9.65. The number of aliphatic imine (C=N–C) groups is 2. The van der Waals surface area contributed by atoms with Crippen LogP contribution in [0.1, 0.15) is 54.9 Å². The van der Waals surface area contributed by atoms with Gasteiger partial charge < -0.3 is 10.1 Å². The largest absolute Gasteiger partial charge is 0.665 e. The van der Waals surface area contributed by atoms with Crippen molar-refractivity contribution in [3.8, 4) is 0 Å². The van der Waals surface area contributed by atoms with Crippen LogP contribution in [0.4, 0.5) is 0 Å². The van der Waals surface area contributed by atoms with Gasteiger partial charge in [-0.25, -0.2) is 0 Å². The summed E-state index contributed by atoms with van der Waals surface area (Å²) < 4.78 is 0. The molecule has 0 fully saturated rings. The molecule has 133 valence electrons. The predicted octanol–water partition coefficient (Wildman–Crippen LogP) is 4.83. The topological polar surface area (TPSA) is 55.9 Å². The molecular formula is C17H34BN3OW-. The maximum atomic E-state index is 9.44. The zero-order valence-corrected chi connectivity index (χ0v) is 17.8. The Labute approximate surface area is 160 Å². The molecule has 6 heteroatoms. The van der Waals surface area contributed by atoms with E-state index in [1.54, 1.807) is 19.4 Å². The second-order valence-corrected chi connectivity index (χ2v) is 3.44. The standard InChI is InChI=1S/2C4H5N.C3H8N.C3H6O.C2H6.CH4.B.W/c2*1-2-4-5-3-1;1-3-4-2;1-3(2)4;1-2;;;/h2*1,3-4H,2H2;3H2,1-2H3;1-2H3;1-2H3;1H4;;/q;;-1;;;;;. The average molecular weight is 491 g/mol. The first kappa shape index (κ1) is 38.0. The van der Waals surface area contributed by atoms with Gasteiger partial charge in [0.15, 0.2) is 0 Å². The van der Waals surface area contributed by atoms with Crippen molar-refractivity contribution in [3.05, 3.63) is 29.9 Å². The van der Waals surface area contributed by atoms with Crippen LogP contribution in [0.3, 0.4) is 0 Å². The first-order valence-corrected chi connectivity index (χ1v) is 7.01. The summed E-state index contributed by atoms with van der Waals surface area (Å²) in [6.07, 6.45) is 13.4. The monoisotopic (exact) mass is 491 g/mol. The molecule has 4 nitrogen and oxygen atoms in total. The molecule has 2 rings (SSSR count). The van der Waals surface area contributed by atoms with Gasteiger partial charge in [0.2, 0.25) is 0 Å². The third-order valence-corrected chi connectivity index (χ3v) is 1.39. The summed E-state index contributed by atoms with van der Waals surface area (Å²) in [5.74, 6) is 0.167. The Morgan fingerprint density at radius 1 is 1.04 bits per heavy atom. The Kier molecular flexibility index (Phi) is 70.9. The minimum Gasteiger partial charge on any atom is -0.665 e. The summed E-state index contributed by atoms with van der Waals surface area (Å²) in [6.45, 7) is 10.0. The Bertz CT molecular complexity index is 256. The van der Waals surface area contributed by atoms with E-state index < -0.39 is 0 Å². The van der Waals surface area contributed by atoms with Crippen LogP contribution in [0.2, 0.25) is 0 Å². The molecule has 0 saturated heterocycles. The van der Waals surface area contributed by atoms with Crippen LogP contribution in [0.5, 0.6) is 0 Å². The Morgan fingerprint density at radius 2 is 1.30 bits per heavy atom. The van der Waals surface area contributed by atoms with Crippen molar-refractivity contribution < 1.29 is 25.9 Å². The number of ketones is 1. The van der Waals surface area contributed by atoms with Crippen LogP contribution in [0, 0.1) is 0 Å². The van der Waals surface area contributed by atoms with E-state index >= 15 is 0 Å². The van der Waals surface area contributed by atoms with Crippen molar-refractivity contribution in [2.24, 2.45) is 9.98 Å². The smallest absolute Gasteiger partial charge is 0.126 e. The van der Waals surface area contributed by atoms with Crippen molar-refractivity contribution in [1.29, 1.82) is 0 Å². The van der Waals surface area contributed by atoms with E-state index in [-0.39, 0.29) is 42.7 Å². The van der Waals surface area contributed by atoms with Gasteiger partial charge in [-0.15, -0.1) is 0 Å². The SMILES string of the molecule is C.C1=CN=CC1.C1=CN=CC1.CC.CC(C)=O.CC[N-]C.[B].[W]. The molecule has 0 aliphatic carbocycles. The molecule has 0 amide bonds. The molecule has 23 heavy (non-hydrogen) atoms. The molecule has 0 bridgehead atoms. The van der Waals surface area contributed by atoms with Crippen LogP contribution < -0.4 is 0 Å². The van der Waals surface area contributed by atoms with E-state index in [0.29, 0.717) is 0 Å². The molecular weight excluding hydrogens is 457 g/mol. The minimum absolute atomic E-state index is 0. The van der Waals surface area contributed by atoms with Gasteiger partial charge in [0.25, 0.3) is 0 Å². The number of hydrogen-bond acceptors (Lipinski definition) is 3. The molecule has 3 radical (unpaired) electrons. The van der Waals surface area contributed by atoms with Crippen molar-refractivity contribution in [2.75, 3.05) is 13.6 Å². The van der Waals surface area contributed by atoms with Crippen LogP contribution in [0.15, 0.2) is 34.5 Å². The van der Waals surface area contributed by atoms with E-state index in [4.69, 9.17) is 0 Å². The fraction of sp³-hybridized carbons (Fsp3) is 0.588. The molecule has 2 aliphatic heterocycles. The summed E-state index contributed by atoms with van der Waals surface area (Å²) in [7, 11) is 1.81. The van der Waals surface area contributed by atoms with Crippen LogP contribution >= 0.6 is 0 Å². The summed E-state index contributed by atoms with van der Waals surface area (Å²) in [5.41, 5.74) is 0. The summed E-state index contributed by atoms with van der Waals surface area (Å²) >= 11 is 0. The van der Waals surface area contributed by atoms with Crippen molar-refractivity contribution in [2.45, 2.75) is 54.9 Å². The van der Waals surface area contributed by atoms with Gasteiger partial charge in [-0.1, -0.05) is 40.3 Å². The van der Waals surface area contributed by atoms with Gasteiger partial charge in [0.1, 0.15) is 5.78 Å². The van der Waals surface area contributed by atoms with E-state index in [2.05, 4.69) is 15.3 Å². The van der Waals surface area contributed by atoms with Crippen molar-refractivity contribution in [3.63, 3.8) is 0 Å². The summed E-state index contributed by atoms with van der Waals surface area (Å²) in [5, 5.41) is 3.74. The minimum atomic E-state index is 0. The molecule has 2 aliphatic rings. The molecule has 2 heterocycles. The van der Waals surface area contributed by atoms with E-state index in [0.717, 1.165) is 19.4 Å². The van der Waals surface area contributed by atoms with Gasteiger partial charge in [-0.3, -0.25) is 9.98 Å². The van der Waals surface area contributed by atoms with E-state index in [9.17, 15) is 4.79 Å². The predicted molar refractivity (Wildman–Crippen MR) is 105 cm³/mol. The van der Waals surface area contributed by atoms with E-state index in [1.165, 1.54) is 13.8 Å². The third kappa shape index (κ3) is 75.1. The van der Waals surface area contributed by atoms with Gasteiger partial charge in [-0.2, -0.15) is 13.6 Å². The Balaban J connectivity index is -0.0000000391. The number of carbonyl (C=O) groups excluding carboxylic acids is 1. The quantitative estimate of drug-likeness (QED) is 0.485. The Hall–Kier alpha value is -0.797. The van der Waals surface area contributed by atoms with Crippen LogP contribution in [-0.2, 0) is 25.9 Å². The molecule has 0 atom stereocenters. The van der Waals surface area contributed by atoms with Gasteiger partial charge in [-0.05, 0) is 13.8 Å². The second-order valence-electron chi connectivity index (χ2n) is 3.44. The van der Waals surface area contributed by atoms with Gasteiger partial charge in [0, 0.05) is 67.1 Å². The molecule has 0 N–H and O–H groups in total. The average Bonchev–Trinajstić information content (AvgIpc) is 3.17. The number of allylic oxidation sites excluding steroid dienone is 2. The van der Waals surface area contributed by atoms with Crippen molar-refractivity contribution >= 4 is 26.6 Å². The normalized spacial score (nSPS) is 10.3. The number of rotatable bonds is 1. The fourth-order valence-corrected chi connectivity index (χ4v) is 0.609. The number of Topliss-reactive ketones (excluding diaryl/α,β-unsaturated/α-hetero) is 1. The van der Waals surface area contributed by atoms with Crippen LogP contribution in [0.25, 0.3) is 5.32 Å². The zero-order valence-electron chi connectivity index (χ0n) is 14.8. The third-order valence-electron chi connectivity index (χ3n) is 1.39. The zero-order chi connectivity index (χ0) is 16.1. The summed E-state index contributed by atoms with van der Waals surface area (Å²) in [4.78, 5) is 17.0. The molecule has 0 spiro atoms. The van der Waals surface area contributed by atoms with Crippen molar-refractivity contribution in [1.82, 2.24) is 0 Å². The number of hydrogen-bond donors (Lipinski definition) is 0. The van der Waals surface area contributed by atoms with Crippen LogP contribution in [-0.4, -0.2) is 40.2 Å². The summed E-state index contributed by atoms with van der Waals surface area (Å²) in [6, 6.07) is 0. The first-order valence-electron chi connectivity index (χ1n) is 7.01. The number of nitrogens with zero attached hydrogens (tertiary/aromatic N) is 3. The maximum Gasteiger partial charge on any atom is 0.126 e. The fourth-order valence-electron chi connectivity index (χ4n) is 0.609. The molecule has 0 saturated carbocycles.